The van der Waals surface area contributed by atoms with Crippen molar-refractivity contribution in [2.24, 2.45) is 0 Å². The molecule has 0 aliphatic heterocycles. The van der Waals surface area contributed by atoms with Gasteiger partial charge in [-0.15, -0.1) is 0 Å². The SMILES string of the molecule is COc1ccc2c([S+](C)C)cc(=O)oc2c1. The van der Waals surface area contributed by atoms with Crippen LogP contribution in [0.25, 0.3) is 11.0 Å². The van der Waals surface area contributed by atoms with Gasteiger partial charge in [0.25, 0.3) is 0 Å². The molecule has 1 heterocycles. The molecule has 0 bridgehead atoms. The first kappa shape index (κ1) is 11.1. The summed E-state index contributed by atoms with van der Waals surface area (Å²) in [7, 11) is 1.62. The Labute approximate surface area is 96.4 Å². The maximum absolute atomic E-state index is 11.4. The Bertz CT molecular complexity index is 572. The lowest BCUT2D eigenvalue weighted by molar-refractivity contribution is 0.414. The Balaban J connectivity index is 2.78. The molecule has 0 aliphatic carbocycles. The van der Waals surface area contributed by atoms with Crippen LogP contribution < -0.4 is 10.4 Å². The first-order chi connectivity index (χ1) is 7.61. The van der Waals surface area contributed by atoms with E-state index in [0.717, 1.165) is 10.3 Å². The zero-order valence-electron chi connectivity index (χ0n) is 9.44. The van der Waals surface area contributed by atoms with E-state index in [9.17, 15) is 4.79 Å². The summed E-state index contributed by atoms with van der Waals surface area (Å²) in [5, 5.41) is 0.980. The van der Waals surface area contributed by atoms with Gasteiger partial charge in [-0.25, -0.2) is 4.79 Å². The summed E-state index contributed by atoms with van der Waals surface area (Å²) in [5.74, 6) is 0.694. The number of rotatable bonds is 2. The standard InChI is InChI=1S/C12H13O3S/c1-14-8-4-5-9-10(6-8)15-12(13)7-11(9)16(2)3/h4-7H,1-3H3/q+1. The maximum atomic E-state index is 11.4. The minimum absolute atomic E-state index is 0.0268. The molecule has 0 saturated carbocycles. The molecular formula is C12H13O3S+. The largest absolute Gasteiger partial charge is 0.497 e. The summed E-state index contributed by atoms with van der Waals surface area (Å²) >= 11 is 0. The third kappa shape index (κ3) is 1.93. The first-order valence-corrected chi connectivity index (χ1v) is 6.85. The molecule has 0 aliphatic rings. The van der Waals surface area contributed by atoms with Crippen molar-refractivity contribution in [3.63, 3.8) is 0 Å². The van der Waals surface area contributed by atoms with Gasteiger partial charge in [-0.3, -0.25) is 0 Å². The van der Waals surface area contributed by atoms with Crippen molar-refractivity contribution in [2.45, 2.75) is 4.90 Å². The summed E-state index contributed by atoms with van der Waals surface area (Å²) in [6.07, 6.45) is 4.16. The third-order valence-electron chi connectivity index (χ3n) is 2.35. The van der Waals surface area contributed by atoms with E-state index in [-0.39, 0.29) is 16.5 Å². The summed E-state index contributed by atoms with van der Waals surface area (Å²) in [5.41, 5.74) is 0.278. The van der Waals surface area contributed by atoms with Crippen LogP contribution >= 0.6 is 0 Å². The van der Waals surface area contributed by atoms with Gasteiger partial charge in [0.15, 0.2) is 4.90 Å². The summed E-state index contributed by atoms with van der Waals surface area (Å²) < 4.78 is 10.3. The van der Waals surface area contributed by atoms with E-state index in [2.05, 4.69) is 12.5 Å². The van der Waals surface area contributed by atoms with Gasteiger partial charge in [0.1, 0.15) is 23.8 Å². The van der Waals surface area contributed by atoms with Crippen molar-refractivity contribution >= 4 is 21.9 Å². The lowest BCUT2D eigenvalue weighted by atomic mass is 10.2. The molecule has 0 spiro atoms. The van der Waals surface area contributed by atoms with Crippen molar-refractivity contribution in [1.82, 2.24) is 0 Å². The van der Waals surface area contributed by atoms with E-state index >= 15 is 0 Å². The molecule has 0 N–H and O–H groups in total. The molecule has 0 fully saturated rings. The first-order valence-electron chi connectivity index (χ1n) is 4.81. The minimum Gasteiger partial charge on any atom is -0.497 e. The normalized spacial score (nSPS) is 11.0. The van der Waals surface area contributed by atoms with Crippen LogP contribution in [0.5, 0.6) is 5.75 Å². The zero-order chi connectivity index (χ0) is 11.7. The smallest absolute Gasteiger partial charge is 0.341 e. The van der Waals surface area contributed by atoms with Crippen LogP contribution in [0.1, 0.15) is 0 Å². The van der Waals surface area contributed by atoms with Crippen LogP contribution in [0.2, 0.25) is 0 Å². The maximum Gasteiger partial charge on any atom is 0.341 e. The van der Waals surface area contributed by atoms with E-state index in [1.807, 2.05) is 12.1 Å². The fourth-order valence-corrected chi connectivity index (χ4v) is 2.52. The molecule has 16 heavy (non-hydrogen) atoms. The highest BCUT2D eigenvalue weighted by Crippen LogP contribution is 2.25. The molecule has 0 radical (unpaired) electrons. The third-order valence-corrected chi connectivity index (χ3v) is 3.57. The minimum atomic E-state index is -0.308. The Kier molecular flexibility index (Phi) is 2.92. The molecule has 0 amide bonds. The van der Waals surface area contributed by atoms with E-state index in [4.69, 9.17) is 9.15 Å². The topological polar surface area (TPSA) is 39.4 Å². The molecule has 3 nitrogen and oxygen atoms in total. The summed E-state index contributed by atoms with van der Waals surface area (Å²) in [4.78, 5) is 12.4. The van der Waals surface area contributed by atoms with Crippen LogP contribution in [0.4, 0.5) is 0 Å². The van der Waals surface area contributed by atoms with E-state index in [1.54, 1.807) is 19.2 Å². The Morgan fingerprint density at radius 1 is 1.25 bits per heavy atom. The monoisotopic (exact) mass is 237 g/mol. The van der Waals surface area contributed by atoms with Crippen molar-refractivity contribution in [3.05, 3.63) is 34.7 Å². The van der Waals surface area contributed by atoms with E-state index in [1.165, 1.54) is 0 Å². The predicted molar refractivity (Wildman–Crippen MR) is 66.5 cm³/mol. The van der Waals surface area contributed by atoms with Crippen LogP contribution in [-0.2, 0) is 10.9 Å². The average Bonchev–Trinajstić information content (AvgIpc) is 2.26. The molecule has 2 aromatic rings. The molecular weight excluding hydrogens is 224 g/mol. The van der Waals surface area contributed by atoms with Crippen molar-refractivity contribution in [2.75, 3.05) is 19.6 Å². The molecule has 0 saturated heterocycles. The zero-order valence-corrected chi connectivity index (χ0v) is 10.3. The number of fused-ring (bicyclic) bond motifs is 1. The second-order valence-electron chi connectivity index (χ2n) is 3.61. The molecule has 0 atom stereocenters. The van der Waals surface area contributed by atoms with Crippen molar-refractivity contribution < 1.29 is 9.15 Å². The van der Waals surface area contributed by atoms with Crippen molar-refractivity contribution in [3.8, 4) is 5.75 Å². The second-order valence-corrected chi connectivity index (χ2v) is 5.68. The number of methoxy groups -OCH3 is 1. The van der Waals surface area contributed by atoms with Gasteiger partial charge in [0.2, 0.25) is 0 Å². The van der Waals surface area contributed by atoms with Gasteiger partial charge >= 0.3 is 5.63 Å². The molecule has 1 aromatic carbocycles. The molecule has 2 rings (SSSR count). The fraction of sp³-hybridized carbons (Fsp3) is 0.250. The van der Waals surface area contributed by atoms with Crippen LogP contribution in [0.15, 0.2) is 38.4 Å². The molecule has 84 valence electrons. The predicted octanol–water partition coefficient (Wildman–Crippen LogP) is 2.04. The van der Waals surface area contributed by atoms with Gasteiger partial charge in [0, 0.05) is 17.0 Å². The Morgan fingerprint density at radius 3 is 2.62 bits per heavy atom. The number of hydrogen-bond donors (Lipinski definition) is 0. The average molecular weight is 237 g/mol. The number of ether oxygens (including phenoxy) is 1. The molecule has 0 unspecified atom stereocenters. The quantitative estimate of drug-likeness (QED) is 0.592. The highest BCUT2D eigenvalue weighted by molar-refractivity contribution is 7.95. The molecule has 4 heteroatoms. The Morgan fingerprint density at radius 2 is 2.00 bits per heavy atom. The van der Waals surface area contributed by atoms with Gasteiger partial charge < -0.3 is 9.15 Å². The highest BCUT2D eigenvalue weighted by atomic mass is 32.2. The van der Waals surface area contributed by atoms with Gasteiger partial charge in [-0.1, -0.05) is 0 Å². The van der Waals surface area contributed by atoms with Crippen LogP contribution in [0.3, 0.4) is 0 Å². The summed E-state index contributed by atoms with van der Waals surface area (Å²) in [6, 6.07) is 7.11. The fourth-order valence-electron chi connectivity index (χ4n) is 1.58. The van der Waals surface area contributed by atoms with Crippen LogP contribution in [0, 0.1) is 0 Å². The highest BCUT2D eigenvalue weighted by Gasteiger charge is 2.16. The second kappa shape index (κ2) is 4.22. The van der Waals surface area contributed by atoms with E-state index in [0.29, 0.717) is 11.3 Å². The van der Waals surface area contributed by atoms with Gasteiger partial charge in [-0.05, 0) is 12.1 Å². The lowest BCUT2D eigenvalue weighted by Crippen LogP contribution is -2.05. The lowest BCUT2D eigenvalue weighted by Gasteiger charge is -2.03. The van der Waals surface area contributed by atoms with E-state index < -0.39 is 0 Å². The van der Waals surface area contributed by atoms with Crippen molar-refractivity contribution in [1.29, 1.82) is 0 Å². The number of hydrogen-bond acceptors (Lipinski definition) is 3. The van der Waals surface area contributed by atoms with Gasteiger partial charge in [0.05, 0.1) is 18.6 Å². The van der Waals surface area contributed by atoms with Crippen LogP contribution in [-0.4, -0.2) is 19.6 Å². The molecule has 1 aromatic heterocycles. The van der Waals surface area contributed by atoms with Gasteiger partial charge in [-0.2, -0.15) is 0 Å². The number of benzene rings is 1. The Hall–Kier alpha value is -1.42. The summed E-state index contributed by atoms with van der Waals surface area (Å²) in [6.45, 7) is 0.